The summed E-state index contributed by atoms with van der Waals surface area (Å²) in [4.78, 5) is 14.0. The molecular formula is C30H31NO3. The van der Waals surface area contributed by atoms with Crippen LogP contribution in [0.15, 0.2) is 66.7 Å². The number of nitrogens with zero attached hydrogens (tertiary/aromatic N) is 1. The molecule has 1 heterocycles. The number of carbonyl (C=O) groups excluding carboxylic acids is 1. The molecule has 5 rings (SSSR count). The predicted molar refractivity (Wildman–Crippen MR) is 136 cm³/mol. The lowest BCUT2D eigenvalue weighted by Gasteiger charge is -2.44. The standard InChI is InChI=1S/C30H31NO3/c1-19-16-24(22-9-10-22)11-14-28(19)31-20(2)17-25-18-26(32)12-13-27(25)30(31)23-7-4-21(5-8-23)6-15-29(33)34-3/h4-8,11-16,18,20,22,30,32H,9-10,17H2,1-3H3/b15-6+/t20-,30-/m1/s1. The Morgan fingerprint density at radius 2 is 1.76 bits per heavy atom. The smallest absolute Gasteiger partial charge is 0.330 e. The Balaban J connectivity index is 1.57. The molecule has 4 nitrogen and oxygen atoms in total. The summed E-state index contributed by atoms with van der Waals surface area (Å²) in [7, 11) is 1.38. The van der Waals surface area contributed by atoms with E-state index in [1.807, 2.05) is 18.2 Å². The number of methoxy groups -OCH3 is 1. The molecule has 1 aliphatic heterocycles. The Labute approximate surface area is 201 Å². The van der Waals surface area contributed by atoms with Gasteiger partial charge in [0.1, 0.15) is 5.75 Å². The van der Waals surface area contributed by atoms with Crippen molar-refractivity contribution in [3.63, 3.8) is 0 Å². The number of esters is 1. The molecule has 174 valence electrons. The summed E-state index contributed by atoms with van der Waals surface area (Å²) < 4.78 is 4.70. The molecule has 0 aromatic heterocycles. The number of hydrogen-bond donors (Lipinski definition) is 1. The number of fused-ring (bicyclic) bond motifs is 1. The first-order chi connectivity index (χ1) is 16.4. The van der Waals surface area contributed by atoms with E-state index in [0.717, 1.165) is 17.9 Å². The van der Waals surface area contributed by atoms with Crippen molar-refractivity contribution in [3.05, 3.63) is 100 Å². The molecule has 1 saturated carbocycles. The van der Waals surface area contributed by atoms with Gasteiger partial charge < -0.3 is 14.7 Å². The van der Waals surface area contributed by atoms with Gasteiger partial charge >= 0.3 is 5.97 Å². The van der Waals surface area contributed by atoms with E-state index < -0.39 is 0 Å². The second-order valence-corrected chi connectivity index (χ2v) is 9.59. The van der Waals surface area contributed by atoms with Crippen LogP contribution in [-0.4, -0.2) is 24.2 Å². The lowest BCUT2D eigenvalue weighted by atomic mass is 9.84. The van der Waals surface area contributed by atoms with E-state index in [2.05, 4.69) is 55.1 Å². The lowest BCUT2D eigenvalue weighted by Crippen LogP contribution is -2.43. The highest BCUT2D eigenvalue weighted by atomic mass is 16.5. The largest absolute Gasteiger partial charge is 0.508 e. The van der Waals surface area contributed by atoms with Gasteiger partial charge in [-0.25, -0.2) is 4.79 Å². The van der Waals surface area contributed by atoms with Crippen LogP contribution in [0.1, 0.15) is 65.1 Å². The SMILES string of the molecule is COC(=O)/C=C/c1ccc([C@@H]2c3ccc(O)cc3C[C@@H](C)N2c2ccc(C3CC3)cc2C)cc1. The van der Waals surface area contributed by atoms with Crippen LogP contribution >= 0.6 is 0 Å². The Kier molecular flexibility index (Phi) is 5.91. The van der Waals surface area contributed by atoms with Crippen molar-refractivity contribution in [1.82, 2.24) is 0 Å². The van der Waals surface area contributed by atoms with E-state index in [9.17, 15) is 9.90 Å². The van der Waals surface area contributed by atoms with Gasteiger partial charge in [-0.2, -0.15) is 0 Å². The van der Waals surface area contributed by atoms with E-state index in [1.165, 1.54) is 59.5 Å². The fourth-order valence-electron chi connectivity index (χ4n) is 5.23. The molecule has 1 fully saturated rings. The summed E-state index contributed by atoms with van der Waals surface area (Å²) >= 11 is 0. The number of aromatic hydroxyl groups is 1. The Morgan fingerprint density at radius 3 is 2.44 bits per heavy atom. The number of phenols is 1. The van der Waals surface area contributed by atoms with Gasteiger partial charge in [-0.3, -0.25) is 0 Å². The van der Waals surface area contributed by atoms with Gasteiger partial charge in [0, 0.05) is 17.8 Å². The second kappa shape index (κ2) is 9.02. The Hall–Kier alpha value is -3.53. The molecular weight excluding hydrogens is 422 g/mol. The van der Waals surface area contributed by atoms with Crippen LogP contribution in [0.2, 0.25) is 0 Å². The maximum Gasteiger partial charge on any atom is 0.330 e. The molecule has 0 radical (unpaired) electrons. The first-order valence-corrected chi connectivity index (χ1v) is 12.0. The Bertz CT molecular complexity index is 1240. The molecule has 2 aliphatic rings. The molecule has 2 atom stereocenters. The van der Waals surface area contributed by atoms with Crippen LogP contribution in [0.5, 0.6) is 5.75 Å². The van der Waals surface area contributed by atoms with Crippen LogP contribution in [0.4, 0.5) is 5.69 Å². The van der Waals surface area contributed by atoms with Gasteiger partial charge in [-0.05, 0) is 96.7 Å². The predicted octanol–water partition coefficient (Wildman–Crippen LogP) is 6.30. The summed E-state index contributed by atoms with van der Waals surface area (Å²) in [5, 5.41) is 10.1. The number of ether oxygens (including phenoxy) is 1. The molecule has 3 aromatic carbocycles. The molecule has 0 saturated heterocycles. The van der Waals surface area contributed by atoms with Gasteiger partial charge in [0.05, 0.1) is 13.2 Å². The number of carbonyl (C=O) groups is 1. The number of aryl methyl sites for hydroxylation is 1. The molecule has 1 N–H and O–H groups in total. The summed E-state index contributed by atoms with van der Waals surface area (Å²) in [6.45, 7) is 4.49. The highest BCUT2D eigenvalue weighted by Crippen LogP contribution is 2.45. The zero-order valence-electron chi connectivity index (χ0n) is 20.0. The Morgan fingerprint density at radius 1 is 1.03 bits per heavy atom. The minimum atomic E-state index is -0.366. The van der Waals surface area contributed by atoms with Gasteiger partial charge in [0.25, 0.3) is 0 Å². The van der Waals surface area contributed by atoms with E-state index in [0.29, 0.717) is 5.75 Å². The van der Waals surface area contributed by atoms with E-state index >= 15 is 0 Å². The number of anilines is 1. The number of rotatable bonds is 5. The number of benzene rings is 3. The van der Waals surface area contributed by atoms with Gasteiger partial charge in [0.2, 0.25) is 0 Å². The third-order valence-corrected chi connectivity index (χ3v) is 7.10. The van der Waals surface area contributed by atoms with Crippen molar-refractivity contribution < 1.29 is 14.6 Å². The lowest BCUT2D eigenvalue weighted by molar-refractivity contribution is -0.134. The topological polar surface area (TPSA) is 49.8 Å². The highest BCUT2D eigenvalue weighted by Gasteiger charge is 2.34. The van der Waals surface area contributed by atoms with E-state index in [4.69, 9.17) is 4.74 Å². The molecule has 4 heteroatoms. The first-order valence-electron chi connectivity index (χ1n) is 12.0. The number of phenolic OH excluding ortho intramolecular Hbond substituents is 1. The monoisotopic (exact) mass is 453 g/mol. The third kappa shape index (κ3) is 4.33. The van der Waals surface area contributed by atoms with Gasteiger partial charge in [0.15, 0.2) is 0 Å². The van der Waals surface area contributed by atoms with E-state index in [-0.39, 0.29) is 18.1 Å². The van der Waals surface area contributed by atoms with E-state index in [1.54, 1.807) is 12.1 Å². The summed E-state index contributed by atoms with van der Waals surface area (Å²) in [5.41, 5.74) is 8.56. The fraction of sp³-hybridized carbons (Fsp3) is 0.300. The van der Waals surface area contributed by atoms with Crippen molar-refractivity contribution in [2.24, 2.45) is 0 Å². The van der Waals surface area contributed by atoms with Crippen molar-refractivity contribution in [1.29, 1.82) is 0 Å². The molecule has 0 bridgehead atoms. The minimum Gasteiger partial charge on any atom is -0.508 e. The second-order valence-electron chi connectivity index (χ2n) is 9.59. The fourth-order valence-corrected chi connectivity index (χ4v) is 5.23. The average Bonchev–Trinajstić information content (AvgIpc) is 3.68. The quantitative estimate of drug-likeness (QED) is 0.364. The maximum atomic E-state index is 11.5. The molecule has 0 unspecified atom stereocenters. The summed E-state index contributed by atoms with van der Waals surface area (Å²) in [6.07, 6.45) is 6.69. The van der Waals surface area contributed by atoms with Crippen LogP contribution in [-0.2, 0) is 16.0 Å². The maximum absolute atomic E-state index is 11.5. The van der Waals surface area contributed by atoms with Crippen LogP contribution < -0.4 is 4.90 Å². The zero-order valence-corrected chi connectivity index (χ0v) is 20.0. The summed E-state index contributed by atoms with van der Waals surface area (Å²) in [6, 6.07) is 21.4. The minimum absolute atomic E-state index is 0.0310. The van der Waals surface area contributed by atoms with Crippen molar-refractivity contribution in [3.8, 4) is 5.75 Å². The van der Waals surface area contributed by atoms with Gasteiger partial charge in [-0.15, -0.1) is 0 Å². The first kappa shape index (κ1) is 22.3. The molecule has 0 spiro atoms. The van der Waals surface area contributed by atoms with Crippen molar-refractivity contribution in [2.45, 2.75) is 51.1 Å². The number of hydrogen-bond acceptors (Lipinski definition) is 4. The normalized spacial score (nSPS) is 19.8. The molecule has 34 heavy (non-hydrogen) atoms. The van der Waals surface area contributed by atoms with Crippen LogP contribution in [0.3, 0.4) is 0 Å². The average molecular weight is 454 g/mol. The third-order valence-electron chi connectivity index (χ3n) is 7.10. The zero-order chi connectivity index (χ0) is 23.8. The van der Waals surface area contributed by atoms with Crippen molar-refractivity contribution >= 4 is 17.7 Å². The molecule has 1 aliphatic carbocycles. The molecule has 0 amide bonds. The molecule has 3 aromatic rings. The highest BCUT2D eigenvalue weighted by molar-refractivity contribution is 5.86. The summed E-state index contributed by atoms with van der Waals surface area (Å²) in [5.74, 6) is 0.679. The van der Waals surface area contributed by atoms with Gasteiger partial charge in [-0.1, -0.05) is 42.5 Å². The van der Waals surface area contributed by atoms with Crippen LogP contribution in [0.25, 0.3) is 6.08 Å². The van der Waals surface area contributed by atoms with Crippen LogP contribution in [0, 0.1) is 6.92 Å². The van der Waals surface area contributed by atoms with Crippen molar-refractivity contribution in [2.75, 3.05) is 12.0 Å².